The molecule has 0 bridgehead atoms. The molecule has 1 aromatic rings. The molecule has 5 nitrogen and oxygen atoms in total. The first kappa shape index (κ1) is 24.1. The second-order valence-corrected chi connectivity index (χ2v) is 7.75. The first-order valence-corrected chi connectivity index (χ1v) is 11.0. The van der Waals surface area contributed by atoms with Crippen molar-refractivity contribution in [2.24, 2.45) is 0 Å². The Labute approximate surface area is 169 Å². The number of carboxylic acid groups (broad SMARTS) is 1. The Balaban J connectivity index is 2.12. The van der Waals surface area contributed by atoms with Crippen LogP contribution in [0.25, 0.3) is 0 Å². The fourth-order valence-electron chi connectivity index (χ4n) is 3.61. The van der Waals surface area contributed by atoms with Crippen molar-refractivity contribution in [3.05, 3.63) is 17.2 Å². The molecule has 160 valence electrons. The van der Waals surface area contributed by atoms with E-state index < -0.39 is 23.2 Å². The molecule has 1 rings (SSSR count). The fourth-order valence-corrected chi connectivity index (χ4v) is 3.61. The highest BCUT2D eigenvalue weighted by molar-refractivity contribution is 5.91. The zero-order chi connectivity index (χ0) is 20.8. The number of hydrogen-bond donors (Lipinski definition) is 3. The molecule has 0 aliphatic carbocycles. The van der Waals surface area contributed by atoms with E-state index in [2.05, 4.69) is 6.92 Å². The summed E-state index contributed by atoms with van der Waals surface area (Å²) in [6, 6.07) is 0.957. The predicted molar refractivity (Wildman–Crippen MR) is 110 cm³/mol. The number of benzene rings is 1. The van der Waals surface area contributed by atoms with E-state index in [0.717, 1.165) is 25.3 Å². The molecule has 0 amide bonds. The Kier molecular flexibility index (Phi) is 12.2. The van der Waals surface area contributed by atoms with Crippen LogP contribution in [0, 0.1) is 0 Å². The lowest BCUT2D eigenvalue weighted by atomic mass is 9.98. The van der Waals surface area contributed by atoms with Crippen LogP contribution in [0.15, 0.2) is 6.07 Å². The molecular formula is C23H37O5-. The maximum atomic E-state index is 12.0. The van der Waals surface area contributed by atoms with Crippen LogP contribution in [0.4, 0.5) is 0 Å². The van der Waals surface area contributed by atoms with Crippen LogP contribution in [0.2, 0.25) is 0 Å². The van der Waals surface area contributed by atoms with Gasteiger partial charge in [0, 0.05) is 0 Å². The van der Waals surface area contributed by atoms with Gasteiger partial charge in [0.15, 0.2) is 5.75 Å². The third-order valence-electron chi connectivity index (χ3n) is 5.35. The summed E-state index contributed by atoms with van der Waals surface area (Å²) in [6.07, 6.45) is 17.5. The number of carboxylic acids is 1. The van der Waals surface area contributed by atoms with Crippen molar-refractivity contribution >= 4 is 5.97 Å². The molecule has 0 atom stereocenters. The van der Waals surface area contributed by atoms with E-state index in [4.69, 9.17) is 0 Å². The van der Waals surface area contributed by atoms with Crippen LogP contribution in [0.1, 0.15) is 113 Å². The average Bonchev–Trinajstić information content (AvgIpc) is 2.67. The second kappa shape index (κ2) is 14.1. The molecule has 0 aliphatic rings. The molecule has 0 saturated carbocycles. The Hall–Kier alpha value is -1.91. The highest BCUT2D eigenvalue weighted by Crippen LogP contribution is 2.38. The summed E-state index contributed by atoms with van der Waals surface area (Å²) in [4.78, 5) is 11.3. The monoisotopic (exact) mass is 393 g/mol. The number of aromatic hydroxyl groups is 2. The van der Waals surface area contributed by atoms with E-state index >= 15 is 0 Å². The van der Waals surface area contributed by atoms with Crippen LogP contribution >= 0.6 is 0 Å². The minimum absolute atomic E-state index is 0.0849. The summed E-state index contributed by atoms with van der Waals surface area (Å²) < 4.78 is 0. The lowest BCUT2D eigenvalue weighted by Gasteiger charge is -2.19. The number of phenolic OH excluding ortho intramolecular Hbond substituents is 2. The topological polar surface area (TPSA) is 101 Å². The van der Waals surface area contributed by atoms with Gasteiger partial charge in [-0.25, -0.2) is 4.79 Å². The van der Waals surface area contributed by atoms with E-state index in [1.807, 2.05) is 0 Å². The minimum atomic E-state index is -1.26. The van der Waals surface area contributed by atoms with Gasteiger partial charge in [0.2, 0.25) is 0 Å². The van der Waals surface area contributed by atoms with Gasteiger partial charge in [-0.2, -0.15) is 0 Å². The number of phenols is 2. The normalized spacial score (nSPS) is 11.0. The number of aromatic carboxylic acids is 1. The Bertz CT molecular complexity index is 583. The largest absolute Gasteiger partial charge is 0.870 e. The summed E-state index contributed by atoms with van der Waals surface area (Å²) in [7, 11) is 0. The molecule has 0 aliphatic heterocycles. The van der Waals surface area contributed by atoms with E-state index in [1.54, 1.807) is 0 Å². The summed E-state index contributed by atoms with van der Waals surface area (Å²) in [5, 5.41) is 40.2. The van der Waals surface area contributed by atoms with Gasteiger partial charge in [0.25, 0.3) is 0 Å². The molecule has 0 spiro atoms. The highest BCUT2D eigenvalue weighted by Gasteiger charge is 2.16. The van der Waals surface area contributed by atoms with Crippen molar-refractivity contribution in [2.45, 2.75) is 103 Å². The first-order valence-electron chi connectivity index (χ1n) is 11.0. The number of carbonyl (C=O) groups is 1. The van der Waals surface area contributed by atoms with E-state index in [0.29, 0.717) is 12.8 Å². The summed E-state index contributed by atoms with van der Waals surface area (Å²) in [5.41, 5.74) is -0.128. The van der Waals surface area contributed by atoms with Gasteiger partial charge in [0.1, 0.15) is 5.75 Å². The summed E-state index contributed by atoms with van der Waals surface area (Å²) in [5.74, 6) is -3.46. The molecule has 3 N–H and O–H groups in total. The number of unbranched alkanes of at least 4 members (excludes halogenated alkanes) is 13. The lowest BCUT2D eigenvalue weighted by molar-refractivity contribution is -0.271. The molecule has 0 saturated heterocycles. The van der Waals surface area contributed by atoms with Gasteiger partial charge >= 0.3 is 5.97 Å². The van der Waals surface area contributed by atoms with Crippen molar-refractivity contribution < 1.29 is 25.2 Å². The molecular weight excluding hydrogens is 356 g/mol. The maximum Gasteiger partial charge on any atom is 0.336 e. The third-order valence-corrected chi connectivity index (χ3v) is 5.35. The smallest absolute Gasteiger partial charge is 0.336 e. The maximum absolute atomic E-state index is 12.0. The van der Waals surface area contributed by atoms with Crippen molar-refractivity contribution in [2.75, 3.05) is 0 Å². The van der Waals surface area contributed by atoms with E-state index in [1.165, 1.54) is 64.2 Å². The Morgan fingerprint density at radius 3 is 1.68 bits per heavy atom. The Morgan fingerprint density at radius 1 is 0.821 bits per heavy atom. The quantitative estimate of drug-likeness (QED) is 0.240. The van der Waals surface area contributed by atoms with E-state index in [-0.39, 0.29) is 11.1 Å². The van der Waals surface area contributed by atoms with Crippen molar-refractivity contribution in [3.63, 3.8) is 0 Å². The van der Waals surface area contributed by atoms with Gasteiger partial charge in [-0.1, -0.05) is 96.1 Å². The summed E-state index contributed by atoms with van der Waals surface area (Å²) >= 11 is 0. The first-order chi connectivity index (χ1) is 13.5. The zero-order valence-electron chi connectivity index (χ0n) is 17.3. The third kappa shape index (κ3) is 8.85. The fraction of sp³-hybridized carbons (Fsp3) is 0.696. The molecule has 0 unspecified atom stereocenters. The lowest BCUT2D eigenvalue weighted by Crippen LogP contribution is -2.07. The number of rotatable bonds is 16. The minimum Gasteiger partial charge on any atom is -0.870 e. The van der Waals surface area contributed by atoms with Gasteiger partial charge < -0.3 is 20.4 Å². The van der Waals surface area contributed by atoms with Crippen molar-refractivity contribution in [1.82, 2.24) is 0 Å². The molecule has 28 heavy (non-hydrogen) atoms. The van der Waals surface area contributed by atoms with Gasteiger partial charge in [-0.05, 0) is 24.5 Å². The average molecular weight is 394 g/mol. The van der Waals surface area contributed by atoms with Gasteiger partial charge in [-0.3, -0.25) is 0 Å². The Morgan fingerprint density at radius 2 is 1.25 bits per heavy atom. The van der Waals surface area contributed by atoms with Gasteiger partial charge in [-0.15, -0.1) is 0 Å². The van der Waals surface area contributed by atoms with Crippen LogP contribution in [0.3, 0.4) is 0 Å². The number of hydrogen-bond acceptors (Lipinski definition) is 4. The molecule has 0 fully saturated rings. The van der Waals surface area contributed by atoms with Crippen LogP contribution in [-0.4, -0.2) is 21.3 Å². The molecule has 5 heteroatoms. The van der Waals surface area contributed by atoms with Crippen LogP contribution in [-0.2, 0) is 6.42 Å². The highest BCUT2D eigenvalue weighted by atomic mass is 16.4. The SMILES string of the molecule is CCCCCCCCCCCCCCCCc1c(C(=O)O)cc(O)c(O)c1[O-]. The van der Waals surface area contributed by atoms with Crippen molar-refractivity contribution in [1.29, 1.82) is 0 Å². The van der Waals surface area contributed by atoms with Gasteiger partial charge in [0.05, 0.1) is 5.56 Å². The molecule has 0 aromatic heterocycles. The molecule has 1 aromatic carbocycles. The second-order valence-electron chi connectivity index (χ2n) is 7.75. The molecule has 0 heterocycles. The standard InChI is InChI=1S/C23H38O5/c1-2-3-4-5-6-7-8-9-10-11-12-13-14-15-16-18-19(23(27)28)17-20(24)22(26)21(18)25/h17,24-26H,2-16H2,1H3,(H,27,28)/p-1. The van der Waals surface area contributed by atoms with E-state index in [9.17, 15) is 25.2 Å². The van der Waals surface area contributed by atoms with Crippen LogP contribution in [0.5, 0.6) is 17.2 Å². The summed E-state index contributed by atoms with van der Waals surface area (Å²) in [6.45, 7) is 2.24. The van der Waals surface area contributed by atoms with Crippen molar-refractivity contribution in [3.8, 4) is 17.2 Å². The van der Waals surface area contributed by atoms with Crippen LogP contribution < -0.4 is 5.11 Å². The zero-order valence-corrected chi connectivity index (χ0v) is 17.3. The molecule has 0 radical (unpaired) electrons. The predicted octanol–water partition coefficient (Wildman–Crippen LogP) is 5.89.